The Morgan fingerprint density at radius 2 is 1.67 bits per heavy atom. The first-order valence-electron chi connectivity index (χ1n) is 10.6. The number of alkyl halides is 3. The van der Waals surface area contributed by atoms with Crippen molar-refractivity contribution in [1.29, 1.82) is 0 Å². The molecule has 1 saturated heterocycles. The SMILES string of the molecule is CCC(C)Oc1ccc(S(C)(=O)=O)cc1C(=O)N1CCN(c2ccc(C(F)(F)F)cc2)CC1. The van der Waals surface area contributed by atoms with Crippen LogP contribution in [0, 0.1) is 0 Å². The Bertz CT molecular complexity index is 1090. The van der Waals surface area contributed by atoms with Crippen LogP contribution in [0.25, 0.3) is 0 Å². The number of amides is 1. The molecular formula is C23H27F3N2O4S. The largest absolute Gasteiger partial charge is 0.490 e. The zero-order chi connectivity index (χ0) is 24.4. The highest BCUT2D eigenvalue weighted by molar-refractivity contribution is 7.90. The van der Waals surface area contributed by atoms with Gasteiger partial charge in [-0.15, -0.1) is 0 Å². The smallest absolute Gasteiger partial charge is 0.416 e. The van der Waals surface area contributed by atoms with Crippen LogP contribution in [0.2, 0.25) is 0 Å². The fourth-order valence-corrected chi connectivity index (χ4v) is 4.16. The van der Waals surface area contributed by atoms with E-state index < -0.39 is 21.6 Å². The van der Waals surface area contributed by atoms with Gasteiger partial charge in [-0.3, -0.25) is 4.79 Å². The average molecular weight is 485 g/mol. The number of hydrogen-bond acceptors (Lipinski definition) is 5. The molecule has 1 aliphatic rings. The van der Waals surface area contributed by atoms with Gasteiger partial charge in [-0.25, -0.2) is 8.42 Å². The number of nitrogens with zero attached hydrogens (tertiary/aromatic N) is 2. The minimum Gasteiger partial charge on any atom is -0.490 e. The number of rotatable bonds is 6. The first kappa shape index (κ1) is 24.9. The third-order valence-electron chi connectivity index (χ3n) is 5.64. The van der Waals surface area contributed by atoms with Gasteiger partial charge in [0.05, 0.1) is 22.1 Å². The number of sulfone groups is 1. The lowest BCUT2D eigenvalue weighted by Crippen LogP contribution is -2.49. The fraction of sp³-hybridized carbons (Fsp3) is 0.435. The highest BCUT2D eigenvalue weighted by Gasteiger charge is 2.31. The maximum absolute atomic E-state index is 13.3. The summed E-state index contributed by atoms with van der Waals surface area (Å²) in [5, 5.41) is 0. The molecule has 0 aromatic heterocycles. The molecule has 0 spiro atoms. The van der Waals surface area contributed by atoms with E-state index >= 15 is 0 Å². The first-order chi connectivity index (χ1) is 15.4. The lowest BCUT2D eigenvalue weighted by Gasteiger charge is -2.36. The summed E-state index contributed by atoms with van der Waals surface area (Å²) in [5.41, 5.74) is 0.121. The summed E-state index contributed by atoms with van der Waals surface area (Å²) in [6.07, 6.45) is -2.75. The van der Waals surface area contributed by atoms with E-state index in [4.69, 9.17) is 4.74 Å². The molecule has 0 saturated carbocycles. The molecule has 3 rings (SSSR count). The van der Waals surface area contributed by atoms with E-state index in [1.807, 2.05) is 18.7 Å². The number of ether oxygens (including phenoxy) is 1. The Balaban J connectivity index is 1.77. The van der Waals surface area contributed by atoms with Crippen molar-refractivity contribution in [3.05, 3.63) is 53.6 Å². The third-order valence-corrected chi connectivity index (χ3v) is 6.75. The molecule has 10 heteroatoms. The second-order valence-corrected chi connectivity index (χ2v) is 10.1. The minimum absolute atomic E-state index is 0.0331. The maximum Gasteiger partial charge on any atom is 0.416 e. The van der Waals surface area contributed by atoms with E-state index in [-0.39, 0.29) is 22.5 Å². The van der Waals surface area contributed by atoms with Crippen LogP contribution in [-0.4, -0.2) is 57.8 Å². The number of carbonyl (C=O) groups is 1. The van der Waals surface area contributed by atoms with Crippen LogP contribution in [0.5, 0.6) is 5.75 Å². The molecule has 6 nitrogen and oxygen atoms in total. The van der Waals surface area contributed by atoms with Gasteiger partial charge in [-0.05, 0) is 55.8 Å². The quantitative estimate of drug-likeness (QED) is 0.613. The molecule has 1 atom stereocenters. The number of halogens is 3. The summed E-state index contributed by atoms with van der Waals surface area (Å²) in [6, 6.07) is 9.21. The van der Waals surface area contributed by atoms with Crippen LogP contribution < -0.4 is 9.64 Å². The van der Waals surface area contributed by atoms with E-state index in [0.717, 1.165) is 18.4 Å². The fourth-order valence-electron chi connectivity index (χ4n) is 3.51. The van der Waals surface area contributed by atoms with E-state index in [1.165, 1.54) is 30.3 Å². The molecule has 1 heterocycles. The van der Waals surface area contributed by atoms with Crippen molar-refractivity contribution in [2.45, 2.75) is 37.4 Å². The average Bonchev–Trinajstić information content (AvgIpc) is 2.77. The predicted octanol–water partition coefficient (Wildman–Crippen LogP) is 4.25. The Hall–Kier alpha value is -2.75. The van der Waals surface area contributed by atoms with Crippen LogP contribution in [0.4, 0.5) is 18.9 Å². The van der Waals surface area contributed by atoms with E-state index in [0.29, 0.717) is 44.0 Å². The van der Waals surface area contributed by atoms with Gasteiger partial charge in [0, 0.05) is 38.1 Å². The monoisotopic (exact) mass is 484 g/mol. The number of piperazine rings is 1. The number of carbonyl (C=O) groups excluding carboxylic acids is 1. The zero-order valence-electron chi connectivity index (χ0n) is 18.7. The van der Waals surface area contributed by atoms with Gasteiger partial charge in [0.2, 0.25) is 0 Å². The second kappa shape index (κ2) is 9.62. The number of hydrogen-bond donors (Lipinski definition) is 0. The molecule has 2 aromatic rings. The van der Waals surface area contributed by atoms with Crippen molar-refractivity contribution in [2.24, 2.45) is 0 Å². The third kappa shape index (κ3) is 5.98. The lowest BCUT2D eigenvalue weighted by molar-refractivity contribution is -0.137. The molecule has 1 unspecified atom stereocenters. The molecule has 1 amide bonds. The summed E-state index contributed by atoms with van der Waals surface area (Å²) in [5.74, 6) is -0.0159. The molecule has 0 radical (unpaired) electrons. The Labute approximate surface area is 191 Å². The van der Waals surface area contributed by atoms with Gasteiger partial charge < -0.3 is 14.5 Å². The summed E-state index contributed by atoms with van der Waals surface area (Å²) in [6.45, 7) is 5.35. The topological polar surface area (TPSA) is 66.9 Å². The van der Waals surface area contributed by atoms with Crippen molar-refractivity contribution >= 4 is 21.4 Å². The highest BCUT2D eigenvalue weighted by atomic mass is 32.2. The molecule has 0 bridgehead atoms. The lowest BCUT2D eigenvalue weighted by atomic mass is 10.1. The van der Waals surface area contributed by atoms with E-state index in [9.17, 15) is 26.4 Å². The second-order valence-electron chi connectivity index (χ2n) is 8.09. The Kier molecular flexibility index (Phi) is 7.26. The van der Waals surface area contributed by atoms with Crippen LogP contribution in [-0.2, 0) is 16.0 Å². The van der Waals surface area contributed by atoms with E-state index in [2.05, 4.69) is 0 Å². The van der Waals surface area contributed by atoms with Gasteiger partial charge in [0.15, 0.2) is 9.84 Å². The van der Waals surface area contributed by atoms with Crippen molar-refractivity contribution in [1.82, 2.24) is 4.90 Å². The van der Waals surface area contributed by atoms with Crippen LogP contribution in [0.15, 0.2) is 47.4 Å². The number of benzene rings is 2. The van der Waals surface area contributed by atoms with Gasteiger partial charge in [0.1, 0.15) is 5.75 Å². The van der Waals surface area contributed by atoms with Gasteiger partial charge >= 0.3 is 6.18 Å². The highest BCUT2D eigenvalue weighted by Crippen LogP contribution is 2.31. The van der Waals surface area contributed by atoms with Crippen LogP contribution in [0.3, 0.4) is 0 Å². The zero-order valence-corrected chi connectivity index (χ0v) is 19.5. The van der Waals surface area contributed by atoms with Crippen molar-refractivity contribution in [2.75, 3.05) is 37.3 Å². The van der Waals surface area contributed by atoms with Crippen molar-refractivity contribution < 1.29 is 31.1 Å². The predicted molar refractivity (Wildman–Crippen MR) is 119 cm³/mol. The molecule has 0 aliphatic carbocycles. The Morgan fingerprint density at radius 3 is 2.18 bits per heavy atom. The number of anilines is 1. The van der Waals surface area contributed by atoms with Crippen LogP contribution >= 0.6 is 0 Å². The molecule has 1 fully saturated rings. The summed E-state index contributed by atoms with van der Waals surface area (Å²) in [7, 11) is -3.51. The first-order valence-corrected chi connectivity index (χ1v) is 12.5. The van der Waals surface area contributed by atoms with E-state index in [1.54, 1.807) is 4.90 Å². The molecule has 0 N–H and O–H groups in total. The van der Waals surface area contributed by atoms with Gasteiger partial charge in [-0.2, -0.15) is 13.2 Å². The Morgan fingerprint density at radius 1 is 1.06 bits per heavy atom. The maximum atomic E-state index is 13.3. The molecule has 180 valence electrons. The summed E-state index contributed by atoms with van der Waals surface area (Å²) >= 11 is 0. The van der Waals surface area contributed by atoms with Crippen LogP contribution in [0.1, 0.15) is 36.2 Å². The van der Waals surface area contributed by atoms with Gasteiger partial charge in [0.25, 0.3) is 5.91 Å². The minimum atomic E-state index is -4.39. The molecular weight excluding hydrogens is 457 g/mol. The summed E-state index contributed by atoms with van der Waals surface area (Å²) in [4.78, 5) is 16.8. The van der Waals surface area contributed by atoms with Gasteiger partial charge in [-0.1, -0.05) is 6.92 Å². The molecule has 33 heavy (non-hydrogen) atoms. The molecule has 2 aromatic carbocycles. The standard InChI is InChI=1S/C23H27F3N2O4S/c1-4-16(2)32-21-10-9-19(33(3,30)31)15-20(21)22(29)28-13-11-27(12-14-28)18-7-5-17(6-8-18)23(24,25)26/h5-10,15-16H,4,11-14H2,1-3H3. The van der Waals surface area contributed by atoms with Crippen molar-refractivity contribution in [3.8, 4) is 5.75 Å². The summed E-state index contributed by atoms with van der Waals surface area (Å²) < 4.78 is 68.3. The van der Waals surface area contributed by atoms with Crippen molar-refractivity contribution in [3.63, 3.8) is 0 Å². The molecule has 1 aliphatic heterocycles. The normalized spacial score (nSPS) is 15.9.